The van der Waals surface area contributed by atoms with Crippen molar-refractivity contribution >= 4 is 22.8 Å². The van der Waals surface area contributed by atoms with Gasteiger partial charge < -0.3 is 19.3 Å². The quantitative estimate of drug-likeness (QED) is 0.883. The SMILES string of the molecule is CCCCN1CCc2c(n(CC(=O)O)c3ccc(OC)cc23)C1=O. The minimum atomic E-state index is -0.955. The van der Waals surface area contributed by atoms with E-state index in [1.807, 2.05) is 17.0 Å². The van der Waals surface area contributed by atoms with Gasteiger partial charge >= 0.3 is 5.97 Å². The van der Waals surface area contributed by atoms with E-state index < -0.39 is 5.97 Å². The van der Waals surface area contributed by atoms with E-state index in [4.69, 9.17) is 4.74 Å². The molecule has 1 N–H and O–H groups in total. The van der Waals surface area contributed by atoms with E-state index in [-0.39, 0.29) is 12.5 Å². The number of nitrogens with zero attached hydrogens (tertiary/aromatic N) is 2. The lowest BCUT2D eigenvalue weighted by atomic mass is 10.0. The summed E-state index contributed by atoms with van der Waals surface area (Å²) in [5.41, 5.74) is 2.22. The lowest BCUT2D eigenvalue weighted by Gasteiger charge is -2.28. The number of rotatable bonds is 6. The highest BCUT2D eigenvalue weighted by molar-refractivity contribution is 6.03. The number of methoxy groups -OCH3 is 1. The first kappa shape index (κ1) is 16.4. The van der Waals surface area contributed by atoms with E-state index in [0.717, 1.165) is 35.7 Å². The summed E-state index contributed by atoms with van der Waals surface area (Å²) in [7, 11) is 1.60. The van der Waals surface area contributed by atoms with Crippen molar-refractivity contribution in [3.8, 4) is 5.75 Å². The lowest BCUT2D eigenvalue weighted by Crippen LogP contribution is -2.39. The van der Waals surface area contributed by atoms with Gasteiger partial charge in [-0.1, -0.05) is 13.3 Å². The van der Waals surface area contributed by atoms with Gasteiger partial charge in [0.1, 0.15) is 18.0 Å². The van der Waals surface area contributed by atoms with E-state index >= 15 is 0 Å². The molecule has 2 aromatic rings. The predicted octanol–water partition coefficient (Wildman–Crippen LogP) is 2.53. The van der Waals surface area contributed by atoms with Gasteiger partial charge in [-0.2, -0.15) is 0 Å². The monoisotopic (exact) mass is 330 g/mol. The Kier molecular flexibility index (Phi) is 4.46. The fourth-order valence-electron chi connectivity index (χ4n) is 3.39. The molecule has 0 saturated carbocycles. The van der Waals surface area contributed by atoms with Crippen LogP contribution in [0.15, 0.2) is 18.2 Å². The molecule has 6 heteroatoms. The highest BCUT2D eigenvalue weighted by Crippen LogP contribution is 2.33. The summed E-state index contributed by atoms with van der Waals surface area (Å²) in [5, 5.41) is 10.2. The number of aromatic nitrogens is 1. The normalized spacial score (nSPS) is 14.1. The molecule has 1 aliphatic rings. The molecule has 0 bridgehead atoms. The van der Waals surface area contributed by atoms with Gasteiger partial charge in [-0.25, -0.2) is 0 Å². The minimum Gasteiger partial charge on any atom is -0.497 e. The van der Waals surface area contributed by atoms with Crippen molar-refractivity contribution in [2.75, 3.05) is 20.2 Å². The van der Waals surface area contributed by atoms with Crippen LogP contribution in [0.4, 0.5) is 0 Å². The first-order valence-electron chi connectivity index (χ1n) is 8.27. The van der Waals surface area contributed by atoms with Crippen LogP contribution < -0.4 is 4.74 Å². The number of aliphatic carboxylic acids is 1. The third kappa shape index (κ3) is 2.72. The van der Waals surface area contributed by atoms with Crippen LogP contribution in [0.1, 0.15) is 35.8 Å². The largest absolute Gasteiger partial charge is 0.497 e. The van der Waals surface area contributed by atoms with Gasteiger partial charge in [0, 0.05) is 24.0 Å². The average molecular weight is 330 g/mol. The van der Waals surface area contributed by atoms with Crippen LogP contribution in [-0.2, 0) is 17.8 Å². The fraction of sp³-hybridized carbons (Fsp3) is 0.444. The number of amides is 1. The first-order chi connectivity index (χ1) is 11.6. The smallest absolute Gasteiger partial charge is 0.323 e. The maximum Gasteiger partial charge on any atom is 0.323 e. The van der Waals surface area contributed by atoms with Crippen molar-refractivity contribution in [1.29, 1.82) is 0 Å². The predicted molar refractivity (Wildman–Crippen MR) is 90.6 cm³/mol. The van der Waals surface area contributed by atoms with Gasteiger partial charge in [0.05, 0.1) is 7.11 Å². The Balaban J connectivity index is 2.14. The summed E-state index contributed by atoms with van der Waals surface area (Å²) in [6, 6.07) is 5.52. The van der Waals surface area contributed by atoms with Crippen LogP contribution >= 0.6 is 0 Å². The number of benzene rings is 1. The summed E-state index contributed by atoms with van der Waals surface area (Å²) < 4.78 is 6.92. The number of carboxylic acids is 1. The Hall–Kier alpha value is -2.50. The molecule has 3 rings (SSSR count). The Bertz CT molecular complexity index is 794. The van der Waals surface area contributed by atoms with Crippen molar-refractivity contribution in [2.24, 2.45) is 0 Å². The Morgan fingerprint density at radius 1 is 1.38 bits per heavy atom. The highest BCUT2D eigenvalue weighted by atomic mass is 16.5. The number of carbonyl (C=O) groups is 2. The maximum atomic E-state index is 12.9. The summed E-state index contributed by atoms with van der Waals surface area (Å²) in [6.07, 6.45) is 2.71. The third-order valence-corrected chi connectivity index (χ3v) is 4.57. The number of carbonyl (C=O) groups excluding carboxylic acids is 1. The van der Waals surface area contributed by atoms with Gasteiger partial charge in [-0.15, -0.1) is 0 Å². The molecule has 1 amide bonds. The molecule has 1 aromatic heterocycles. The van der Waals surface area contributed by atoms with Crippen molar-refractivity contribution in [3.63, 3.8) is 0 Å². The molecule has 0 saturated heterocycles. The average Bonchev–Trinajstić information content (AvgIpc) is 2.87. The molecule has 24 heavy (non-hydrogen) atoms. The second-order valence-corrected chi connectivity index (χ2v) is 6.09. The Labute approximate surface area is 140 Å². The van der Waals surface area contributed by atoms with Gasteiger partial charge in [0.15, 0.2) is 0 Å². The molecule has 2 heterocycles. The summed E-state index contributed by atoms with van der Waals surface area (Å²) >= 11 is 0. The van der Waals surface area contributed by atoms with Crippen molar-refractivity contribution in [3.05, 3.63) is 29.5 Å². The van der Waals surface area contributed by atoms with Crippen LogP contribution in [0.5, 0.6) is 5.75 Å². The van der Waals surface area contributed by atoms with E-state index in [9.17, 15) is 14.7 Å². The van der Waals surface area contributed by atoms with Crippen molar-refractivity contribution < 1.29 is 19.4 Å². The molecule has 0 spiro atoms. The number of unbranched alkanes of at least 4 members (excludes halogenated alkanes) is 1. The number of carboxylic acid groups (broad SMARTS) is 1. The van der Waals surface area contributed by atoms with Crippen molar-refractivity contribution in [2.45, 2.75) is 32.7 Å². The van der Waals surface area contributed by atoms with E-state index in [1.165, 1.54) is 0 Å². The van der Waals surface area contributed by atoms with Gasteiger partial charge in [-0.3, -0.25) is 9.59 Å². The second-order valence-electron chi connectivity index (χ2n) is 6.09. The molecule has 0 atom stereocenters. The summed E-state index contributed by atoms with van der Waals surface area (Å²) in [6.45, 7) is 3.26. The number of hydrogen-bond acceptors (Lipinski definition) is 3. The van der Waals surface area contributed by atoms with Crippen LogP contribution in [0.25, 0.3) is 10.9 Å². The molecule has 0 fully saturated rings. The van der Waals surface area contributed by atoms with E-state index in [2.05, 4.69) is 6.92 Å². The minimum absolute atomic E-state index is 0.0684. The van der Waals surface area contributed by atoms with Gasteiger partial charge in [0.25, 0.3) is 5.91 Å². The molecule has 1 aliphatic heterocycles. The zero-order valence-electron chi connectivity index (χ0n) is 14.0. The fourth-order valence-corrected chi connectivity index (χ4v) is 3.39. The lowest BCUT2D eigenvalue weighted by molar-refractivity contribution is -0.137. The summed E-state index contributed by atoms with van der Waals surface area (Å²) in [5.74, 6) is -0.316. The molecular weight excluding hydrogens is 308 g/mol. The Morgan fingerprint density at radius 2 is 2.17 bits per heavy atom. The topological polar surface area (TPSA) is 71.8 Å². The second kappa shape index (κ2) is 6.55. The Morgan fingerprint density at radius 3 is 2.83 bits per heavy atom. The van der Waals surface area contributed by atoms with E-state index in [0.29, 0.717) is 24.5 Å². The number of ether oxygens (including phenoxy) is 1. The molecule has 128 valence electrons. The van der Waals surface area contributed by atoms with E-state index in [1.54, 1.807) is 17.7 Å². The highest BCUT2D eigenvalue weighted by Gasteiger charge is 2.31. The summed E-state index contributed by atoms with van der Waals surface area (Å²) in [4.78, 5) is 26.1. The zero-order chi connectivity index (χ0) is 17.3. The number of fused-ring (bicyclic) bond motifs is 3. The maximum absolute atomic E-state index is 12.9. The molecule has 6 nitrogen and oxygen atoms in total. The third-order valence-electron chi connectivity index (χ3n) is 4.57. The van der Waals surface area contributed by atoms with Gasteiger partial charge in [0.2, 0.25) is 0 Å². The van der Waals surface area contributed by atoms with Crippen LogP contribution in [0.2, 0.25) is 0 Å². The zero-order valence-corrected chi connectivity index (χ0v) is 14.0. The van der Waals surface area contributed by atoms with Crippen LogP contribution in [0.3, 0.4) is 0 Å². The molecule has 1 aromatic carbocycles. The standard InChI is InChI=1S/C18H22N2O4/c1-3-4-8-19-9-7-13-14-10-12(24-2)5-6-15(14)20(11-16(21)22)17(13)18(19)23/h5-6,10H,3-4,7-9,11H2,1-2H3,(H,21,22). The number of hydrogen-bond donors (Lipinski definition) is 1. The first-order valence-corrected chi connectivity index (χ1v) is 8.27. The van der Waals surface area contributed by atoms with Gasteiger partial charge in [-0.05, 0) is 36.6 Å². The molecular formula is C18H22N2O4. The molecule has 0 radical (unpaired) electrons. The van der Waals surface area contributed by atoms with Crippen LogP contribution in [0, 0.1) is 0 Å². The van der Waals surface area contributed by atoms with Crippen LogP contribution in [-0.4, -0.2) is 46.6 Å². The molecule has 0 aliphatic carbocycles. The van der Waals surface area contributed by atoms with Crippen molar-refractivity contribution in [1.82, 2.24) is 9.47 Å². The molecule has 0 unspecified atom stereocenters.